The van der Waals surface area contributed by atoms with Gasteiger partial charge in [0.25, 0.3) is 11.8 Å². The van der Waals surface area contributed by atoms with Crippen molar-refractivity contribution in [3.8, 4) is 0 Å². The highest BCUT2D eigenvalue weighted by atomic mass is 16.5. The summed E-state index contributed by atoms with van der Waals surface area (Å²) in [6.45, 7) is 2.06. The van der Waals surface area contributed by atoms with Crippen LogP contribution in [-0.4, -0.2) is 58.8 Å². The molecule has 0 N–H and O–H groups in total. The van der Waals surface area contributed by atoms with Crippen LogP contribution in [0.15, 0.2) is 28.9 Å². The van der Waals surface area contributed by atoms with E-state index in [0.29, 0.717) is 37.0 Å². The van der Waals surface area contributed by atoms with Crippen molar-refractivity contribution in [2.75, 3.05) is 26.8 Å². The third-order valence-electron chi connectivity index (χ3n) is 4.03. The summed E-state index contributed by atoms with van der Waals surface area (Å²) in [4.78, 5) is 22.6. The maximum absolute atomic E-state index is 12.5. The first-order chi connectivity index (χ1) is 12.3. The van der Waals surface area contributed by atoms with E-state index in [1.165, 1.54) is 0 Å². The molecule has 25 heavy (non-hydrogen) atoms. The largest absolute Gasteiger partial charge is 0.384 e. The van der Waals surface area contributed by atoms with Gasteiger partial charge in [0.15, 0.2) is 5.82 Å². The van der Waals surface area contributed by atoms with Crippen LogP contribution in [0.2, 0.25) is 0 Å². The first-order valence-electron chi connectivity index (χ1n) is 8.38. The number of amides is 1. The van der Waals surface area contributed by atoms with Crippen LogP contribution in [0.4, 0.5) is 0 Å². The Labute approximate surface area is 146 Å². The first-order valence-corrected chi connectivity index (χ1v) is 8.38. The number of nitrogens with zero attached hydrogens (tertiary/aromatic N) is 4. The smallest absolute Gasteiger partial charge is 0.272 e. The van der Waals surface area contributed by atoms with Crippen molar-refractivity contribution < 1.29 is 18.8 Å². The van der Waals surface area contributed by atoms with Gasteiger partial charge in [0, 0.05) is 32.8 Å². The van der Waals surface area contributed by atoms with Crippen LogP contribution in [0.1, 0.15) is 35.0 Å². The maximum atomic E-state index is 12.5. The molecule has 1 saturated heterocycles. The van der Waals surface area contributed by atoms with Crippen molar-refractivity contribution in [2.24, 2.45) is 0 Å². The summed E-state index contributed by atoms with van der Waals surface area (Å²) in [6, 6.07) is 5.34. The molecular formula is C17H22N4O4. The van der Waals surface area contributed by atoms with Crippen LogP contribution in [0, 0.1) is 0 Å². The molecule has 0 aliphatic carbocycles. The number of rotatable bonds is 7. The van der Waals surface area contributed by atoms with Gasteiger partial charge in [-0.05, 0) is 25.0 Å². The molecule has 2 aromatic rings. The Kier molecular flexibility index (Phi) is 6.08. The fourth-order valence-corrected chi connectivity index (χ4v) is 2.74. The van der Waals surface area contributed by atoms with Gasteiger partial charge in [-0.1, -0.05) is 11.2 Å². The molecule has 1 atom stereocenters. The van der Waals surface area contributed by atoms with Gasteiger partial charge in [-0.3, -0.25) is 9.78 Å². The van der Waals surface area contributed by atoms with Crippen molar-refractivity contribution >= 4 is 5.91 Å². The number of carbonyl (C=O) groups excluding carboxylic acids is 1. The zero-order valence-electron chi connectivity index (χ0n) is 14.3. The van der Waals surface area contributed by atoms with Gasteiger partial charge in [0.2, 0.25) is 0 Å². The van der Waals surface area contributed by atoms with Crippen LogP contribution in [0.5, 0.6) is 0 Å². The van der Waals surface area contributed by atoms with Gasteiger partial charge in [-0.2, -0.15) is 4.98 Å². The number of methoxy groups -OCH3 is 1. The molecule has 8 heteroatoms. The van der Waals surface area contributed by atoms with E-state index in [4.69, 9.17) is 14.0 Å². The quantitative estimate of drug-likeness (QED) is 0.750. The number of likely N-dealkylation sites (tertiary alicyclic amines) is 1. The van der Waals surface area contributed by atoms with E-state index >= 15 is 0 Å². The summed E-state index contributed by atoms with van der Waals surface area (Å²) in [7, 11) is 1.63. The number of hydrogen-bond donors (Lipinski definition) is 0. The normalized spacial score (nSPS) is 17.6. The third-order valence-corrected chi connectivity index (χ3v) is 4.03. The Bertz CT molecular complexity index is 676. The number of aromatic nitrogens is 3. The monoisotopic (exact) mass is 346 g/mol. The molecule has 8 nitrogen and oxygen atoms in total. The minimum atomic E-state index is -0.0615. The van der Waals surface area contributed by atoms with Crippen molar-refractivity contribution in [1.82, 2.24) is 20.0 Å². The molecule has 3 heterocycles. The summed E-state index contributed by atoms with van der Waals surface area (Å²) >= 11 is 0. The Hall–Kier alpha value is -2.32. The zero-order valence-corrected chi connectivity index (χ0v) is 14.3. The minimum Gasteiger partial charge on any atom is -0.384 e. The standard InChI is InChI=1S/C17H22N4O4/c1-23-10-7-15-19-16(25-20-15)12-24-13-5-4-9-21(11-13)17(22)14-6-2-3-8-18-14/h2-3,6,8,13H,4-5,7,9-12H2,1H3/t13-/m1/s1. The lowest BCUT2D eigenvalue weighted by molar-refractivity contribution is -0.0155. The Balaban J connectivity index is 1.50. The summed E-state index contributed by atoms with van der Waals surface area (Å²) in [5.41, 5.74) is 0.461. The third kappa shape index (κ3) is 4.83. The fourth-order valence-electron chi connectivity index (χ4n) is 2.74. The average Bonchev–Trinajstić information content (AvgIpc) is 3.13. The Morgan fingerprint density at radius 2 is 2.36 bits per heavy atom. The molecule has 0 unspecified atom stereocenters. The Morgan fingerprint density at radius 3 is 3.16 bits per heavy atom. The molecule has 1 aliphatic heterocycles. The fraction of sp³-hybridized carbons (Fsp3) is 0.529. The average molecular weight is 346 g/mol. The number of piperidine rings is 1. The minimum absolute atomic E-state index is 0.0456. The highest BCUT2D eigenvalue weighted by molar-refractivity contribution is 5.92. The van der Waals surface area contributed by atoms with Crippen molar-refractivity contribution in [2.45, 2.75) is 32.0 Å². The second-order valence-corrected chi connectivity index (χ2v) is 5.89. The molecule has 0 spiro atoms. The van der Waals surface area contributed by atoms with E-state index in [1.54, 1.807) is 30.3 Å². The summed E-state index contributed by atoms with van der Waals surface area (Å²) in [6.07, 6.45) is 3.98. The molecule has 2 aromatic heterocycles. The lowest BCUT2D eigenvalue weighted by atomic mass is 10.1. The van der Waals surface area contributed by atoms with Crippen molar-refractivity contribution in [3.63, 3.8) is 0 Å². The number of pyridine rings is 1. The molecule has 0 bridgehead atoms. The van der Waals surface area contributed by atoms with E-state index in [2.05, 4.69) is 15.1 Å². The van der Waals surface area contributed by atoms with E-state index in [0.717, 1.165) is 19.4 Å². The molecule has 0 saturated carbocycles. The van der Waals surface area contributed by atoms with E-state index in [-0.39, 0.29) is 18.6 Å². The van der Waals surface area contributed by atoms with Crippen LogP contribution in [0.25, 0.3) is 0 Å². The van der Waals surface area contributed by atoms with Gasteiger partial charge >= 0.3 is 0 Å². The molecule has 0 radical (unpaired) electrons. The topological polar surface area (TPSA) is 90.6 Å². The zero-order chi connectivity index (χ0) is 17.5. The molecule has 0 aromatic carbocycles. The van der Waals surface area contributed by atoms with E-state index < -0.39 is 0 Å². The molecular weight excluding hydrogens is 324 g/mol. The predicted octanol–water partition coefficient (Wildman–Crippen LogP) is 1.47. The highest BCUT2D eigenvalue weighted by Crippen LogP contribution is 2.16. The van der Waals surface area contributed by atoms with Gasteiger partial charge in [-0.15, -0.1) is 0 Å². The van der Waals surface area contributed by atoms with Gasteiger partial charge in [0.1, 0.15) is 12.3 Å². The highest BCUT2D eigenvalue weighted by Gasteiger charge is 2.26. The maximum Gasteiger partial charge on any atom is 0.272 e. The van der Waals surface area contributed by atoms with Crippen LogP contribution < -0.4 is 0 Å². The van der Waals surface area contributed by atoms with Crippen LogP contribution >= 0.6 is 0 Å². The first kappa shape index (κ1) is 17.5. The number of ether oxygens (including phenoxy) is 2. The molecule has 1 aliphatic rings. The van der Waals surface area contributed by atoms with Crippen molar-refractivity contribution in [1.29, 1.82) is 0 Å². The van der Waals surface area contributed by atoms with E-state index in [1.807, 2.05) is 6.07 Å². The second-order valence-electron chi connectivity index (χ2n) is 5.89. The predicted molar refractivity (Wildman–Crippen MR) is 87.8 cm³/mol. The lowest BCUT2D eigenvalue weighted by Gasteiger charge is -2.32. The van der Waals surface area contributed by atoms with Crippen LogP contribution in [-0.2, 0) is 22.5 Å². The second kappa shape index (κ2) is 8.68. The van der Waals surface area contributed by atoms with Gasteiger partial charge in [0.05, 0.1) is 12.7 Å². The summed E-state index contributed by atoms with van der Waals surface area (Å²) < 4.78 is 16.0. The SMILES string of the molecule is COCCc1noc(CO[C@@H]2CCCN(C(=O)c3ccccn3)C2)n1. The molecule has 3 rings (SSSR count). The van der Waals surface area contributed by atoms with E-state index in [9.17, 15) is 4.79 Å². The Morgan fingerprint density at radius 1 is 1.44 bits per heavy atom. The number of carbonyl (C=O) groups is 1. The van der Waals surface area contributed by atoms with Crippen LogP contribution in [0.3, 0.4) is 0 Å². The lowest BCUT2D eigenvalue weighted by Crippen LogP contribution is -2.43. The molecule has 134 valence electrons. The summed E-state index contributed by atoms with van der Waals surface area (Å²) in [5, 5.41) is 3.88. The molecule has 1 fully saturated rings. The van der Waals surface area contributed by atoms with Gasteiger partial charge < -0.3 is 18.9 Å². The molecule has 1 amide bonds. The van der Waals surface area contributed by atoms with Gasteiger partial charge in [-0.25, -0.2) is 0 Å². The summed E-state index contributed by atoms with van der Waals surface area (Å²) in [5.74, 6) is 0.990. The number of hydrogen-bond acceptors (Lipinski definition) is 7. The van der Waals surface area contributed by atoms with Crippen molar-refractivity contribution in [3.05, 3.63) is 41.8 Å².